The van der Waals surface area contributed by atoms with E-state index in [-0.39, 0.29) is 11.8 Å². The van der Waals surface area contributed by atoms with Gasteiger partial charge in [-0.3, -0.25) is 4.79 Å². The molecule has 2 N–H and O–H groups in total. The molecule has 2 aliphatic heterocycles. The first-order valence-corrected chi connectivity index (χ1v) is 8.96. The normalized spacial score (nSPS) is 22.1. The Labute approximate surface area is 142 Å². The molecule has 4 nitrogen and oxygen atoms in total. The zero-order valence-electron chi connectivity index (χ0n) is 13.4. The number of nitrogens with zero attached hydrogens (tertiary/aromatic N) is 1. The molecule has 1 aromatic rings. The molecule has 2 aliphatic rings. The maximum Gasteiger partial charge on any atom is 0.225 e. The van der Waals surface area contributed by atoms with Crippen LogP contribution in [-0.2, 0) is 4.79 Å². The lowest BCUT2D eigenvalue weighted by Gasteiger charge is -2.37. The summed E-state index contributed by atoms with van der Waals surface area (Å²) in [5.41, 5.74) is 0.914. The van der Waals surface area contributed by atoms with Gasteiger partial charge in [0.05, 0.1) is 6.10 Å². The highest BCUT2D eigenvalue weighted by Gasteiger charge is 2.31. The first-order chi connectivity index (χ1) is 11.1. The summed E-state index contributed by atoms with van der Waals surface area (Å²) in [4.78, 5) is 14.6. The number of benzene rings is 1. The predicted octanol–water partition coefficient (Wildman–Crippen LogP) is 2.61. The van der Waals surface area contributed by atoms with Crippen LogP contribution in [0.15, 0.2) is 24.3 Å². The van der Waals surface area contributed by atoms with Crippen LogP contribution in [0.2, 0.25) is 5.02 Å². The number of nitrogens with one attached hydrogen (secondary N) is 1. The van der Waals surface area contributed by atoms with Crippen molar-refractivity contribution in [1.29, 1.82) is 0 Å². The molecule has 1 aromatic carbocycles. The molecule has 5 heteroatoms. The van der Waals surface area contributed by atoms with Crippen LogP contribution in [0.3, 0.4) is 0 Å². The molecule has 1 amide bonds. The zero-order chi connectivity index (χ0) is 16.2. The predicted molar refractivity (Wildman–Crippen MR) is 91.3 cm³/mol. The highest BCUT2D eigenvalue weighted by Crippen LogP contribution is 2.32. The molecule has 2 saturated heterocycles. The lowest BCUT2D eigenvalue weighted by Crippen LogP contribution is -2.45. The van der Waals surface area contributed by atoms with Gasteiger partial charge in [-0.05, 0) is 62.4 Å². The van der Waals surface area contributed by atoms with Crippen LogP contribution in [0.4, 0.5) is 0 Å². The van der Waals surface area contributed by atoms with Gasteiger partial charge in [0.1, 0.15) is 0 Å². The third kappa shape index (κ3) is 4.06. The van der Waals surface area contributed by atoms with E-state index in [9.17, 15) is 9.90 Å². The molecule has 2 fully saturated rings. The van der Waals surface area contributed by atoms with Gasteiger partial charge in [0.15, 0.2) is 0 Å². The number of aliphatic hydroxyl groups is 1. The lowest BCUT2D eigenvalue weighted by molar-refractivity contribution is -0.138. The molecule has 0 saturated carbocycles. The molecule has 1 unspecified atom stereocenters. The Morgan fingerprint density at radius 2 is 1.74 bits per heavy atom. The zero-order valence-corrected chi connectivity index (χ0v) is 14.1. The topological polar surface area (TPSA) is 52.6 Å². The van der Waals surface area contributed by atoms with Gasteiger partial charge >= 0.3 is 0 Å². The highest BCUT2D eigenvalue weighted by atomic mass is 35.5. The Hall–Kier alpha value is -1.10. The molecule has 23 heavy (non-hydrogen) atoms. The SMILES string of the molecule is O=C(C1CCNCC1)N1CCC(C(O)c2ccc(Cl)cc2)CC1. The van der Waals surface area contributed by atoms with Crippen LogP contribution in [0.5, 0.6) is 0 Å². The quantitative estimate of drug-likeness (QED) is 0.892. The van der Waals surface area contributed by atoms with E-state index in [4.69, 9.17) is 11.6 Å². The second kappa shape index (κ2) is 7.65. The Bertz CT molecular complexity index is 520. The summed E-state index contributed by atoms with van der Waals surface area (Å²) < 4.78 is 0. The first kappa shape index (κ1) is 16.7. The summed E-state index contributed by atoms with van der Waals surface area (Å²) in [7, 11) is 0. The van der Waals surface area contributed by atoms with Crippen LogP contribution < -0.4 is 5.32 Å². The number of amides is 1. The van der Waals surface area contributed by atoms with E-state index in [0.29, 0.717) is 10.9 Å². The maximum absolute atomic E-state index is 12.6. The molecule has 3 rings (SSSR count). The number of halogens is 1. The van der Waals surface area contributed by atoms with Gasteiger partial charge in [-0.25, -0.2) is 0 Å². The van der Waals surface area contributed by atoms with Crippen LogP contribution >= 0.6 is 11.6 Å². The third-order valence-corrected chi connectivity index (χ3v) is 5.45. The van der Waals surface area contributed by atoms with Gasteiger partial charge in [-0.15, -0.1) is 0 Å². The maximum atomic E-state index is 12.6. The van der Waals surface area contributed by atoms with Crippen LogP contribution in [0.1, 0.15) is 37.4 Å². The van der Waals surface area contributed by atoms with E-state index in [0.717, 1.165) is 57.4 Å². The summed E-state index contributed by atoms with van der Waals surface area (Å²) in [6.07, 6.45) is 3.16. The molecule has 0 spiro atoms. The molecule has 0 aliphatic carbocycles. The fraction of sp³-hybridized carbons (Fsp3) is 0.611. The Morgan fingerprint density at radius 1 is 1.13 bits per heavy atom. The molecule has 0 bridgehead atoms. The third-order valence-electron chi connectivity index (χ3n) is 5.20. The van der Waals surface area contributed by atoms with Crippen molar-refractivity contribution in [3.63, 3.8) is 0 Å². The average Bonchev–Trinajstić information content (AvgIpc) is 2.62. The first-order valence-electron chi connectivity index (χ1n) is 8.58. The Morgan fingerprint density at radius 3 is 2.35 bits per heavy atom. The molecular weight excluding hydrogens is 312 g/mol. The lowest BCUT2D eigenvalue weighted by atomic mass is 9.86. The Kier molecular flexibility index (Phi) is 5.57. The summed E-state index contributed by atoms with van der Waals surface area (Å²) in [6.45, 7) is 3.42. The second-order valence-corrected chi connectivity index (χ2v) is 7.12. The number of aliphatic hydroxyl groups excluding tert-OH is 1. The van der Waals surface area contributed by atoms with Crippen molar-refractivity contribution in [3.8, 4) is 0 Å². The summed E-state index contributed by atoms with van der Waals surface area (Å²) in [5.74, 6) is 0.716. The number of hydrogen-bond acceptors (Lipinski definition) is 3. The van der Waals surface area contributed by atoms with E-state index in [1.54, 1.807) is 0 Å². The molecule has 1 atom stereocenters. The van der Waals surface area contributed by atoms with E-state index < -0.39 is 6.10 Å². The number of carbonyl (C=O) groups is 1. The molecular formula is C18H25ClN2O2. The fourth-order valence-electron chi connectivity index (χ4n) is 3.69. The minimum atomic E-state index is -0.469. The smallest absolute Gasteiger partial charge is 0.225 e. The van der Waals surface area contributed by atoms with Crippen LogP contribution in [0.25, 0.3) is 0 Å². The van der Waals surface area contributed by atoms with Crippen molar-refractivity contribution in [1.82, 2.24) is 10.2 Å². The van der Waals surface area contributed by atoms with Gasteiger partial charge < -0.3 is 15.3 Å². The number of piperidine rings is 2. The standard InChI is InChI=1S/C18H25ClN2O2/c19-16-3-1-13(2-4-16)17(22)14-7-11-21(12-8-14)18(23)15-5-9-20-10-6-15/h1-4,14-15,17,20,22H,5-12H2. The van der Waals surface area contributed by atoms with E-state index in [1.165, 1.54) is 0 Å². The highest BCUT2D eigenvalue weighted by molar-refractivity contribution is 6.30. The summed E-state index contributed by atoms with van der Waals surface area (Å²) >= 11 is 5.90. The second-order valence-electron chi connectivity index (χ2n) is 6.68. The van der Waals surface area contributed by atoms with Crippen LogP contribution in [-0.4, -0.2) is 42.1 Å². The van der Waals surface area contributed by atoms with Crippen molar-refractivity contribution in [2.24, 2.45) is 11.8 Å². The number of rotatable bonds is 3. The van der Waals surface area contributed by atoms with Gasteiger partial charge in [0.2, 0.25) is 5.91 Å². The van der Waals surface area contributed by atoms with Crippen molar-refractivity contribution in [2.75, 3.05) is 26.2 Å². The summed E-state index contributed by atoms with van der Waals surface area (Å²) in [6, 6.07) is 7.41. The van der Waals surface area contributed by atoms with Crippen LogP contribution in [0, 0.1) is 11.8 Å². The Balaban J connectivity index is 1.53. The fourth-order valence-corrected chi connectivity index (χ4v) is 3.82. The van der Waals surface area contributed by atoms with Crippen molar-refractivity contribution in [2.45, 2.75) is 31.8 Å². The van der Waals surface area contributed by atoms with Gasteiger partial charge in [-0.2, -0.15) is 0 Å². The summed E-state index contributed by atoms with van der Waals surface area (Å²) in [5, 5.41) is 14.5. The monoisotopic (exact) mass is 336 g/mol. The van der Waals surface area contributed by atoms with E-state index >= 15 is 0 Å². The minimum absolute atomic E-state index is 0.189. The van der Waals surface area contributed by atoms with Crippen molar-refractivity contribution in [3.05, 3.63) is 34.9 Å². The van der Waals surface area contributed by atoms with Crippen molar-refractivity contribution < 1.29 is 9.90 Å². The number of hydrogen-bond donors (Lipinski definition) is 2. The minimum Gasteiger partial charge on any atom is -0.388 e. The van der Waals surface area contributed by atoms with E-state index in [1.807, 2.05) is 29.2 Å². The van der Waals surface area contributed by atoms with Gasteiger partial charge in [0.25, 0.3) is 0 Å². The van der Waals surface area contributed by atoms with Crippen molar-refractivity contribution >= 4 is 17.5 Å². The van der Waals surface area contributed by atoms with Gasteiger partial charge in [0, 0.05) is 24.0 Å². The molecule has 0 radical (unpaired) electrons. The largest absolute Gasteiger partial charge is 0.388 e. The van der Waals surface area contributed by atoms with E-state index in [2.05, 4.69) is 5.32 Å². The average molecular weight is 337 g/mol. The van der Waals surface area contributed by atoms with Gasteiger partial charge in [-0.1, -0.05) is 23.7 Å². The molecule has 0 aromatic heterocycles. The number of carbonyl (C=O) groups excluding carboxylic acids is 1. The number of likely N-dealkylation sites (tertiary alicyclic amines) is 1. The molecule has 2 heterocycles. The molecule has 126 valence electrons.